The van der Waals surface area contributed by atoms with E-state index < -0.39 is 22.5 Å². The number of benzene rings is 3. The molecule has 0 aliphatic heterocycles. The molecule has 0 unspecified atom stereocenters. The minimum absolute atomic E-state index is 0.0130. The molecule has 0 aromatic heterocycles. The van der Waals surface area contributed by atoms with Crippen LogP contribution in [0, 0.1) is 0 Å². The first-order valence-electron chi connectivity index (χ1n) is 10.9. The van der Waals surface area contributed by atoms with Gasteiger partial charge in [0.1, 0.15) is 6.54 Å². The molecule has 0 radical (unpaired) electrons. The van der Waals surface area contributed by atoms with E-state index >= 15 is 0 Å². The summed E-state index contributed by atoms with van der Waals surface area (Å²) < 4.78 is 27.9. The lowest BCUT2D eigenvalue weighted by Gasteiger charge is -2.25. The van der Waals surface area contributed by atoms with E-state index in [0.29, 0.717) is 18.7 Å². The number of halogens is 2. The number of carbonyl (C=O) groups is 2. The van der Waals surface area contributed by atoms with Gasteiger partial charge in [0.2, 0.25) is 5.91 Å². The van der Waals surface area contributed by atoms with E-state index in [4.69, 9.17) is 23.2 Å². The lowest BCUT2D eigenvalue weighted by molar-refractivity contribution is -0.114. The molecule has 1 N–H and O–H groups in total. The zero-order chi connectivity index (χ0) is 25.6. The molecule has 3 aromatic rings. The molecule has 0 aliphatic rings. The second kappa shape index (κ2) is 11.6. The number of hydrogen-bond donors (Lipinski definition) is 1. The number of anilines is 2. The molecule has 0 aliphatic carbocycles. The van der Waals surface area contributed by atoms with E-state index in [1.165, 1.54) is 30.3 Å². The maximum absolute atomic E-state index is 13.5. The van der Waals surface area contributed by atoms with Crippen LogP contribution in [0.4, 0.5) is 11.4 Å². The first-order chi connectivity index (χ1) is 16.7. The maximum atomic E-state index is 13.5. The van der Waals surface area contributed by atoms with Crippen LogP contribution in [0.1, 0.15) is 24.2 Å². The lowest BCUT2D eigenvalue weighted by Crippen LogP contribution is -2.38. The summed E-state index contributed by atoms with van der Waals surface area (Å²) in [7, 11) is -4.17. The van der Waals surface area contributed by atoms with E-state index in [1.54, 1.807) is 47.4 Å². The summed E-state index contributed by atoms with van der Waals surface area (Å²) in [5.41, 5.74) is 0.650. The fraction of sp³-hybridized carbons (Fsp3) is 0.200. The number of nitrogens with zero attached hydrogens (tertiary/aromatic N) is 2. The molecule has 7 nitrogen and oxygen atoms in total. The van der Waals surface area contributed by atoms with E-state index in [1.807, 2.05) is 13.8 Å². The minimum atomic E-state index is -4.17. The predicted octanol–water partition coefficient (Wildman–Crippen LogP) is 5.31. The van der Waals surface area contributed by atoms with Crippen molar-refractivity contribution < 1.29 is 18.0 Å². The third-order valence-electron chi connectivity index (χ3n) is 5.28. The van der Waals surface area contributed by atoms with Gasteiger partial charge in [-0.15, -0.1) is 0 Å². The van der Waals surface area contributed by atoms with Crippen molar-refractivity contribution in [2.45, 2.75) is 18.7 Å². The number of nitrogens with one attached hydrogen (secondary N) is 1. The molecular formula is C25H25Cl2N3O4S. The average Bonchev–Trinajstić information content (AvgIpc) is 2.85. The fourth-order valence-electron chi connectivity index (χ4n) is 3.48. The van der Waals surface area contributed by atoms with Crippen LogP contribution in [0.2, 0.25) is 10.0 Å². The molecule has 0 heterocycles. The Labute approximate surface area is 215 Å². The van der Waals surface area contributed by atoms with Gasteiger partial charge in [0, 0.05) is 18.1 Å². The van der Waals surface area contributed by atoms with Crippen molar-refractivity contribution in [2.75, 3.05) is 29.3 Å². The third kappa shape index (κ3) is 6.14. The van der Waals surface area contributed by atoms with Crippen LogP contribution < -0.4 is 9.62 Å². The van der Waals surface area contributed by atoms with Gasteiger partial charge >= 0.3 is 0 Å². The Bertz CT molecular complexity index is 1310. The van der Waals surface area contributed by atoms with Gasteiger partial charge < -0.3 is 10.2 Å². The molecule has 0 bridgehead atoms. The van der Waals surface area contributed by atoms with E-state index in [9.17, 15) is 18.0 Å². The summed E-state index contributed by atoms with van der Waals surface area (Å²) in [6.07, 6.45) is 0. The van der Waals surface area contributed by atoms with Gasteiger partial charge in [0.05, 0.1) is 26.9 Å². The second-order valence-electron chi connectivity index (χ2n) is 7.49. The smallest absolute Gasteiger partial charge is 0.264 e. The number of hydrogen-bond acceptors (Lipinski definition) is 4. The highest BCUT2D eigenvalue weighted by atomic mass is 35.5. The first kappa shape index (κ1) is 26.5. The number of carbonyl (C=O) groups excluding carboxylic acids is 2. The van der Waals surface area contributed by atoms with E-state index in [-0.39, 0.29) is 32.2 Å². The highest BCUT2D eigenvalue weighted by Gasteiger charge is 2.29. The normalized spacial score (nSPS) is 11.1. The van der Waals surface area contributed by atoms with E-state index in [2.05, 4.69) is 5.32 Å². The van der Waals surface area contributed by atoms with Crippen LogP contribution in [0.25, 0.3) is 0 Å². The molecular weight excluding hydrogens is 509 g/mol. The summed E-state index contributed by atoms with van der Waals surface area (Å²) >= 11 is 12.4. The molecule has 10 heteroatoms. The van der Waals surface area contributed by atoms with Gasteiger partial charge in [-0.05, 0) is 56.3 Å². The summed E-state index contributed by atoms with van der Waals surface area (Å²) in [4.78, 5) is 27.7. The summed E-state index contributed by atoms with van der Waals surface area (Å²) in [5, 5.41) is 3.05. The highest BCUT2D eigenvalue weighted by molar-refractivity contribution is 7.92. The summed E-state index contributed by atoms with van der Waals surface area (Å²) in [6, 6.07) is 18.7. The Morgan fingerprint density at radius 1 is 0.886 bits per heavy atom. The van der Waals surface area contributed by atoms with Crippen molar-refractivity contribution in [3.05, 3.63) is 88.4 Å². The average molecular weight is 534 g/mol. The zero-order valence-corrected chi connectivity index (χ0v) is 21.6. The van der Waals surface area contributed by atoms with Crippen LogP contribution in [-0.2, 0) is 14.8 Å². The van der Waals surface area contributed by atoms with Gasteiger partial charge in [-0.3, -0.25) is 13.9 Å². The first-order valence-corrected chi connectivity index (χ1v) is 13.1. The van der Waals surface area contributed by atoms with E-state index in [0.717, 1.165) is 4.31 Å². The lowest BCUT2D eigenvalue weighted by atomic mass is 10.1. The van der Waals surface area contributed by atoms with Gasteiger partial charge in [-0.1, -0.05) is 53.5 Å². The standard InChI is InChI=1S/C25H25Cl2N3O4S/c1-3-29(4-2)25(32)20-12-8-9-13-22(20)28-24(31)17-30(23-16-18(26)14-15-21(23)27)35(33,34)19-10-6-5-7-11-19/h5-16H,3-4,17H2,1-2H3,(H,28,31). The Hall–Kier alpha value is -3.07. The monoisotopic (exact) mass is 533 g/mol. The van der Waals surface area contributed by atoms with Gasteiger partial charge in [0.25, 0.3) is 15.9 Å². The number of rotatable bonds is 9. The molecule has 0 fully saturated rings. The molecule has 2 amide bonds. The fourth-order valence-corrected chi connectivity index (χ4v) is 5.37. The molecule has 3 rings (SSSR count). The number of amides is 2. The SMILES string of the molecule is CCN(CC)C(=O)c1ccccc1NC(=O)CN(c1cc(Cl)ccc1Cl)S(=O)(=O)c1ccccc1. The highest BCUT2D eigenvalue weighted by Crippen LogP contribution is 2.33. The molecule has 35 heavy (non-hydrogen) atoms. The van der Waals surface area contributed by atoms with Crippen molar-refractivity contribution in [1.29, 1.82) is 0 Å². The van der Waals surface area contributed by atoms with Crippen LogP contribution in [0.5, 0.6) is 0 Å². The number of para-hydroxylation sites is 1. The predicted molar refractivity (Wildman–Crippen MR) is 140 cm³/mol. The summed E-state index contributed by atoms with van der Waals surface area (Å²) in [5.74, 6) is -0.891. The quantitative estimate of drug-likeness (QED) is 0.403. The van der Waals surface area contributed by atoms with Gasteiger partial charge in [-0.25, -0.2) is 8.42 Å². The molecule has 3 aromatic carbocycles. The van der Waals surface area contributed by atoms with Crippen molar-refractivity contribution in [3.63, 3.8) is 0 Å². The second-order valence-corrected chi connectivity index (χ2v) is 10.2. The topological polar surface area (TPSA) is 86.8 Å². The van der Waals surface area contributed by atoms with Crippen LogP contribution in [-0.4, -0.2) is 44.8 Å². The maximum Gasteiger partial charge on any atom is 0.264 e. The Morgan fingerprint density at radius 2 is 1.51 bits per heavy atom. The Balaban J connectivity index is 1.98. The van der Waals surface area contributed by atoms with Crippen LogP contribution in [0.15, 0.2) is 77.7 Å². The molecule has 184 valence electrons. The minimum Gasteiger partial charge on any atom is -0.339 e. The number of sulfonamides is 1. The molecule has 0 saturated heterocycles. The van der Waals surface area contributed by atoms with Gasteiger partial charge in [0.15, 0.2) is 0 Å². The Morgan fingerprint density at radius 3 is 2.17 bits per heavy atom. The van der Waals surface area contributed by atoms with Crippen molar-refractivity contribution in [2.24, 2.45) is 0 Å². The molecule has 0 atom stereocenters. The largest absolute Gasteiger partial charge is 0.339 e. The Kier molecular flexibility index (Phi) is 8.77. The van der Waals surface area contributed by atoms with Crippen molar-refractivity contribution >= 4 is 56.4 Å². The zero-order valence-electron chi connectivity index (χ0n) is 19.2. The van der Waals surface area contributed by atoms with Gasteiger partial charge in [-0.2, -0.15) is 0 Å². The van der Waals surface area contributed by atoms with Crippen molar-refractivity contribution in [1.82, 2.24) is 4.90 Å². The van der Waals surface area contributed by atoms with Crippen LogP contribution >= 0.6 is 23.2 Å². The molecule has 0 spiro atoms. The third-order valence-corrected chi connectivity index (χ3v) is 7.61. The molecule has 0 saturated carbocycles. The summed E-state index contributed by atoms with van der Waals surface area (Å²) in [6.45, 7) is 4.15. The van der Waals surface area contributed by atoms with Crippen LogP contribution in [0.3, 0.4) is 0 Å². The van der Waals surface area contributed by atoms with Crippen molar-refractivity contribution in [3.8, 4) is 0 Å².